The van der Waals surface area contributed by atoms with Crippen LogP contribution in [0.2, 0.25) is 0 Å². The van der Waals surface area contributed by atoms with E-state index in [0.717, 1.165) is 68.0 Å². The lowest BCUT2D eigenvalue weighted by molar-refractivity contribution is -0.138. The average molecular weight is 477 g/mol. The molecule has 1 unspecified atom stereocenters. The first-order chi connectivity index (χ1) is 17.0. The molecule has 2 N–H and O–H groups in total. The van der Waals surface area contributed by atoms with Crippen LogP contribution in [-0.4, -0.2) is 69.4 Å². The SMILES string of the molecule is Cc1ccc(NC(=O)NCC2CCCN(C(=O)C3CCN(c4ccc5nncn5n4)CC3)C2)cc1. The lowest BCUT2D eigenvalue weighted by atomic mass is 9.92. The van der Waals surface area contributed by atoms with Gasteiger partial charge in [-0.05, 0) is 62.8 Å². The molecular formula is C25H32N8O2. The molecule has 0 aliphatic carbocycles. The van der Waals surface area contributed by atoms with Gasteiger partial charge in [-0.3, -0.25) is 4.79 Å². The van der Waals surface area contributed by atoms with Crippen molar-refractivity contribution in [1.29, 1.82) is 0 Å². The van der Waals surface area contributed by atoms with Gasteiger partial charge in [0.25, 0.3) is 0 Å². The largest absolute Gasteiger partial charge is 0.355 e. The van der Waals surface area contributed by atoms with Crippen molar-refractivity contribution in [3.8, 4) is 0 Å². The monoisotopic (exact) mass is 476 g/mol. The lowest BCUT2D eigenvalue weighted by Gasteiger charge is -2.38. The number of aromatic nitrogens is 4. The van der Waals surface area contributed by atoms with Gasteiger partial charge in [0.1, 0.15) is 12.1 Å². The molecule has 184 valence electrons. The number of nitrogens with one attached hydrogen (secondary N) is 2. The van der Waals surface area contributed by atoms with E-state index in [4.69, 9.17) is 0 Å². The molecule has 35 heavy (non-hydrogen) atoms. The van der Waals surface area contributed by atoms with Gasteiger partial charge in [-0.15, -0.1) is 15.3 Å². The van der Waals surface area contributed by atoms with Gasteiger partial charge in [-0.2, -0.15) is 4.52 Å². The molecule has 2 saturated heterocycles. The van der Waals surface area contributed by atoms with E-state index in [-0.39, 0.29) is 23.8 Å². The van der Waals surface area contributed by atoms with Crippen molar-refractivity contribution in [2.45, 2.75) is 32.6 Å². The molecule has 3 amide bonds. The summed E-state index contributed by atoms with van der Waals surface area (Å²) in [5, 5.41) is 18.3. The topological polar surface area (TPSA) is 108 Å². The van der Waals surface area contributed by atoms with Gasteiger partial charge in [0.05, 0.1) is 0 Å². The highest BCUT2D eigenvalue weighted by atomic mass is 16.2. The number of likely N-dealkylation sites (tertiary alicyclic amines) is 1. The second-order valence-electron chi connectivity index (χ2n) is 9.58. The number of hydrogen-bond donors (Lipinski definition) is 2. The minimum absolute atomic E-state index is 0.0430. The Hall–Kier alpha value is -3.69. The molecule has 2 aliphatic heterocycles. The van der Waals surface area contributed by atoms with Crippen LogP contribution in [0.4, 0.5) is 16.3 Å². The summed E-state index contributed by atoms with van der Waals surface area (Å²) in [7, 11) is 0. The maximum atomic E-state index is 13.3. The Morgan fingerprint density at radius 1 is 1.03 bits per heavy atom. The van der Waals surface area contributed by atoms with Crippen LogP contribution in [0.3, 0.4) is 0 Å². The first kappa shape index (κ1) is 23.1. The number of urea groups is 1. The Morgan fingerprint density at radius 2 is 1.83 bits per heavy atom. The summed E-state index contributed by atoms with van der Waals surface area (Å²) in [6.45, 7) is 5.69. The third-order valence-corrected chi connectivity index (χ3v) is 7.01. The molecule has 0 bridgehead atoms. The van der Waals surface area contributed by atoms with E-state index in [9.17, 15) is 9.59 Å². The molecule has 2 aromatic heterocycles. The third kappa shape index (κ3) is 5.52. The number of benzene rings is 1. The first-order valence-electron chi connectivity index (χ1n) is 12.4. The molecule has 0 spiro atoms. The summed E-state index contributed by atoms with van der Waals surface area (Å²) in [5.41, 5.74) is 2.65. The fourth-order valence-electron chi connectivity index (χ4n) is 4.98. The average Bonchev–Trinajstić information content (AvgIpc) is 3.37. The normalized spacial score (nSPS) is 19.1. The fraction of sp³-hybridized carbons (Fsp3) is 0.480. The molecule has 2 fully saturated rings. The number of amides is 3. The highest BCUT2D eigenvalue weighted by Crippen LogP contribution is 2.26. The zero-order chi connectivity index (χ0) is 24.2. The van der Waals surface area contributed by atoms with Crippen molar-refractivity contribution < 1.29 is 9.59 Å². The van der Waals surface area contributed by atoms with Crippen molar-refractivity contribution >= 4 is 29.1 Å². The number of hydrogen-bond acceptors (Lipinski definition) is 6. The van der Waals surface area contributed by atoms with Crippen LogP contribution in [0.15, 0.2) is 42.7 Å². The van der Waals surface area contributed by atoms with Gasteiger partial charge in [0.15, 0.2) is 5.65 Å². The van der Waals surface area contributed by atoms with Crippen LogP contribution >= 0.6 is 0 Å². The van der Waals surface area contributed by atoms with E-state index in [0.29, 0.717) is 13.1 Å². The third-order valence-electron chi connectivity index (χ3n) is 7.01. The molecule has 0 saturated carbocycles. The van der Waals surface area contributed by atoms with Crippen LogP contribution in [0, 0.1) is 18.8 Å². The summed E-state index contributed by atoms with van der Waals surface area (Å²) in [4.78, 5) is 29.8. The Balaban J connectivity index is 1.08. The number of anilines is 2. The molecule has 10 heteroatoms. The highest BCUT2D eigenvalue weighted by molar-refractivity contribution is 5.89. The van der Waals surface area contributed by atoms with Crippen LogP contribution < -0.4 is 15.5 Å². The maximum Gasteiger partial charge on any atom is 0.319 e. The molecular weight excluding hydrogens is 444 g/mol. The number of piperidine rings is 2. The van der Waals surface area contributed by atoms with Crippen LogP contribution in [0.25, 0.3) is 5.65 Å². The predicted molar refractivity (Wildman–Crippen MR) is 133 cm³/mol. The smallest absolute Gasteiger partial charge is 0.319 e. The molecule has 2 aliphatic rings. The van der Waals surface area contributed by atoms with Crippen LogP contribution in [-0.2, 0) is 4.79 Å². The van der Waals surface area contributed by atoms with E-state index >= 15 is 0 Å². The molecule has 4 heterocycles. The summed E-state index contributed by atoms with van der Waals surface area (Å²) in [6.07, 6.45) is 5.23. The minimum atomic E-state index is -0.206. The molecule has 3 aromatic rings. The van der Waals surface area contributed by atoms with E-state index in [1.807, 2.05) is 48.2 Å². The second-order valence-corrected chi connectivity index (χ2v) is 9.58. The van der Waals surface area contributed by atoms with Crippen molar-refractivity contribution in [2.75, 3.05) is 42.9 Å². The van der Waals surface area contributed by atoms with Gasteiger partial charge < -0.3 is 20.4 Å². The van der Waals surface area contributed by atoms with E-state index in [1.54, 1.807) is 10.8 Å². The number of nitrogens with zero attached hydrogens (tertiary/aromatic N) is 6. The van der Waals surface area contributed by atoms with Crippen molar-refractivity contribution in [3.63, 3.8) is 0 Å². The summed E-state index contributed by atoms with van der Waals surface area (Å²) < 4.78 is 1.68. The lowest BCUT2D eigenvalue weighted by Crippen LogP contribution is -2.48. The molecule has 0 radical (unpaired) electrons. The van der Waals surface area contributed by atoms with E-state index in [2.05, 4.69) is 30.8 Å². The number of rotatable bonds is 5. The number of aryl methyl sites for hydroxylation is 1. The Kier molecular flexibility index (Phi) is 6.78. The maximum absolute atomic E-state index is 13.3. The van der Waals surface area contributed by atoms with Crippen molar-refractivity contribution in [2.24, 2.45) is 11.8 Å². The van der Waals surface area contributed by atoms with Crippen LogP contribution in [0.1, 0.15) is 31.2 Å². The number of fused-ring (bicyclic) bond motifs is 1. The number of carbonyl (C=O) groups is 2. The van der Waals surface area contributed by atoms with Gasteiger partial charge in [0, 0.05) is 44.3 Å². The van der Waals surface area contributed by atoms with Crippen LogP contribution in [0.5, 0.6) is 0 Å². The van der Waals surface area contributed by atoms with Crippen molar-refractivity contribution in [1.82, 2.24) is 30.0 Å². The van der Waals surface area contributed by atoms with Gasteiger partial charge in [-0.25, -0.2) is 4.79 Å². The minimum Gasteiger partial charge on any atom is -0.355 e. The van der Waals surface area contributed by atoms with Gasteiger partial charge >= 0.3 is 6.03 Å². The second kappa shape index (κ2) is 10.3. The summed E-state index contributed by atoms with van der Waals surface area (Å²) in [6, 6.07) is 11.4. The van der Waals surface area contributed by atoms with Crippen molar-refractivity contribution in [3.05, 3.63) is 48.3 Å². The fourth-order valence-corrected chi connectivity index (χ4v) is 4.98. The molecule has 10 nitrogen and oxygen atoms in total. The molecule has 1 atom stereocenters. The quantitative estimate of drug-likeness (QED) is 0.586. The standard InChI is InChI=1S/C25H32N8O2/c1-18-4-6-21(7-5-18)28-25(35)26-15-19-3-2-12-32(16-19)24(34)20-10-13-31(14-11-20)23-9-8-22-29-27-17-33(22)30-23/h4-9,17,19-20H,2-3,10-16H2,1H3,(H2,26,28,35). The predicted octanol–water partition coefficient (Wildman–Crippen LogP) is 2.71. The zero-order valence-electron chi connectivity index (χ0n) is 20.1. The Morgan fingerprint density at radius 3 is 2.63 bits per heavy atom. The Labute approximate surface area is 204 Å². The molecule has 1 aromatic carbocycles. The van der Waals surface area contributed by atoms with E-state index in [1.165, 1.54) is 0 Å². The number of carbonyl (C=O) groups excluding carboxylic acids is 2. The van der Waals surface area contributed by atoms with Gasteiger partial charge in [0.2, 0.25) is 5.91 Å². The van der Waals surface area contributed by atoms with E-state index < -0.39 is 0 Å². The highest BCUT2D eigenvalue weighted by Gasteiger charge is 2.32. The summed E-state index contributed by atoms with van der Waals surface area (Å²) >= 11 is 0. The Bertz CT molecular complexity index is 1170. The molecule has 5 rings (SSSR count). The zero-order valence-corrected chi connectivity index (χ0v) is 20.1. The summed E-state index contributed by atoms with van der Waals surface area (Å²) in [5.74, 6) is 1.45. The first-order valence-corrected chi connectivity index (χ1v) is 12.4. The van der Waals surface area contributed by atoms with Gasteiger partial charge in [-0.1, -0.05) is 17.7 Å².